The van der Waals surface area contributed by atoms with Crippen LogP contribution >= 0.6 is 0 Å². The molecule has 27 heavy (non-hydrogen) atoms. The molecule has 0 unspecified atom stereocenters. The van der Waals surface area contributed by atoms with Gasteiger partial charge < -0.3 is 10.2 Å². The van der Waals surface area contributed by atoms with Gasteiger partial charge in [0.05, 0.1) is 0 Å². The van der Waals surface area contributed by atoms with Gasteiger partial charge in [-0.05, 0) is 55.8 Å². The molecule has 0 bridgehead atoms. The lowest BCUT2D eigenvalue weighted by Crippen LogP contribution is -2.42. The number of carbonyl (C=O) groups is 1. The summed E-state index contributed by atoms with van der Waals surface area (Å²) in [6, 6.07) is 16.8. The largest absolute Gasteiger partial charge is 0.373 e. The molecule has 5 heteroatoms. The minimum absolute atomic E-state index is 0.0940. The third-order valence-corrected chi connectivity index (χ3v) is 5.22. The highest BCUT2D eigenvalue weighted by Crippen LogP contribution is 2.19. The smallest absolute Gasteiger partial charge is 0.223 e. The summed E-state index contributed by atoms with van der Waals surface area (Å²) >= 11 is 0. The molecular formula is C22H28FN3O. The summed E-state index contributed by atoms with van der Waals surface area (Å²) in [5.41, 5.74) is 2.27. The second-order valence-corrected chi connectivity index (χ2v) is 7.23. The van der Waals surface area contributed by atoms with Gasteiger partial charge in [-0.15, -0.1) is 0 Å². The number of anilines is 1. The van der Waals surface area contributed by atoms with E-state index in [0.717, 1.165) is 50.3 Å². The number of para-hydroxylation sites is 1. The first kappa shape index (κ1) is 19.4. The Labute approximate surface area is 161 Å². The SMILES string of the molecule is CN(CCNC(=O)C1CCN(Cc2ccc(F)cc2)CC1)c1ccccc1. The number of piperidine rings is 1. The molecule has 144 valence electrons. The molecule has 1 amide bonds. The highest BCUT2D eigenvalue weighted by Gasteiger charge is 2.24. The normalized spacial score (nSPS) is 15.5. The van der Waals surface area contributed by atoms with Crippen LogP contribution in [0.1, 0.15) is 18.4 Å². The van der Waals surface area contributed by atoms with Crippen LogP contribution in [0.3, 0.4) is 0 Å². The first-order valence-corrected chi connectivity index (χ1v) is 9.62. The van der Waals surface area contributed by atoms with Crippen molar-refractivity contribution < 1.29 is 9.18 Å². The monoisotopic (exact) mass is 369 g/mol. The highest BCUT2D eigenvalue weighted by atomic mass is 19.1. The van der Waals surface area contributed by atoms with Gasteiger partial charge in [-0.2, -0.15) is 0 Å². The summed E-state index contributed by atoms with van der Waals surface area (Å²) in [5.74, 6) is 0.0569. The molecule has 1 aliphatic heterocycles. The summed E-state index contributed by atoms with van der Waals surface area (Å²) in [4.78, 5) is 16.9. The van der Waals surface area contributed by atoms with Crippen molar-refractivity contribution in [3.8, 4) is 0 Å². The van der Waals surface area contributed by atoms with Crippen molar-refractivity contribution in [3.63, 3.8) is 0 Å². The molecule has 3 rings (SSSR count). The first-order chi connectivity index (χ1) is 13.1. The highest BCUT2D eigenvalue weighted by molar-refractivity contribution is 5.78. The zero-order valence-electron chi connectivity index (χ0n) is 15.9. The fourth-order valence-corrected chi connectivity index (χ4v) is 3.50. The van der Waals surface area contributed by atoms with E-state index in [1.807, 2.05) is 37.4 Å². The number of nitrogens with zero attached hydrogens (tertiary/aromatic N) is 2. The average molecular weight is 369 g/mol. The molecular weight excluding hydrogens is 341 g/mol. The van der Waals surface area contributed by atoms with Gasteiger partial charge in [0.1, 0.15) is 5.82 Å². The molecule has 2 aromatic rings. The Morgan fingerprint density at radius 3 is 2.44 bits per heavy atom. The van der Waals surface area contributed by atoms with Gasteiger partial charge in [-0.3, -0.25) is 9.69 Å². The van der Waals surface area contributed by atoms with Crippen LogP contribution in [-0.4, -0.2) is 44.0 Å². The fraction of sp³-hybridized carbons (Fsp3) is 0.409. The number of rotatable bonds is 7. The Hall–Kier alpha value is -2.40. The summed E-state index contributed by atoms with van der Waals surface area (Å²) in [6.07, 6.45) is 1.75. The minimum Gasteiger partial charge on any atom is -0.373 e. The number of halogens is 1. The lowest BCUT2D eigenvalue weighted by molar-refractivity contribution is -0.126. The summed E-state index contributed by atoms with van der Waals surface area (Å²) in [6.45, 7) is 4.06. The standard InChI is InChI=1S/C22H28FN3O/c1-25(21-5-3-2-4-6-21)16-13-24-22(27)19-11-14-26(15-12-19)17-18-7-9-20(23)10-8-18/h2-10,19H,11-17H2,1H3,(H,24,27). The maximum atomic E-state index is 13.0. The molecule has 0 radical (unpaired) electrons. The quantitative estimate of drug-likeness (QED) is 0.814. The van der Waals surface area contributed by atoms with Gasteiger partial charge in [0.25, 0.3) is 0 Å². The third kappa shape index (κ3) is 5.79. The van der Waals surface area contributed by atoms with Gasteiger partial charge in [-0.1, -0.05) is 30.3 Å². The van der Waals surface area contributed by atoms with Crippen LogP contribution in [0.2, 0.25) is 0 Å². The van der Waals surface area contributed by atoms with E-state index in [1.54, 1.807) is 0 Å². The fourth-order valence-electron chi connectivity index (χ4n) is 3.50. The zero-order valence-corrected chi connectivity index (χ0v) is 15.9. The van der Waals surface area contributed by atoms with E-state index < -0.39 is 0 Å². The molecule has 0 spiro atoms. The van der Waals surface area contributed by atoms with E-state index in [0.29, 0.717) is 6.54 Å². The molecule has 1 aliphatic rings. The Kier molecular flexibility index (Phi) is 6.82. The molecule has 2 aromatic carbocycles. The Bertz CT molecular complexity index is 712. The number of benzene rings is 2. The molecule has 4 nitrogen and oxygen atoms in total. The van der Waals surface area contributed by atoms with E-state index in [1.165, 1.54) is 12.1 Å². The van der Waals surface area contributed by atoms with E-state index in [-0.39, 0.29) is 17.6 Å². The van der Waals surface area contributed by atoms with Crippen molar-refractivity contribution in [2.45, 2.75) is 19.4 Å². The number of hydrogen-bond acceptors (Lipinski definition) is 3. The van der Waals surface area contributed by atoms with Crippen LogP contribution in [0.15, 0.2) is 54.6 Å². The van der Waals surface area contributed by atoms with Crippen molar-refractivity contribution in [1.29, 1.82) is 0 Å². The number of likely N-dealkylation sites (N-methyl/N-ethyl adjacent to an activating group) is 1. The van der Waals surface area contributed by atoms with Gasteiger partial charge >= 0.3 is 0 Å². The number of likely N-dealkylation sites (tertiary alicyclic amines) is 1. The van der Waals surface area contributed by atoms with Crippen LogP contribution < -0.4 is 10.2 Å². The number of nitrogens with one attached hydrogen (secondary N) is 1. The topological polar surface area (TPSA) is 35.6 Å². The molecule has 1 heterocycles. The van der Waals surface area contributed by atoms with Gasteiger partial charge in [-0.25, -0.2) is 4.39 Å². The maximum Gasteiger partial charge on any atom is 0.223 e. The van der Waals surface area contributed by atoms with Crippen molar-refractivity contribution >= 4 is 11.6 Å². The van der Waals surface area contributed by atoms with E-state index in [9.17, 15) is 9.18 Å². The Morgan fingerprint density at radius 1 is 1.11 bits per heavy atom. The molecule has 1 fully saturated rings. The van der Waals surface area contributed by atoms with Crippen molar-refractivity contribution in [3.05, 3.63) is 66.0 Å². The van der Waals surface area contributed by atoms with Crippen LogP contribution in [0, 0.1) is 11.7 Å². The summed E-state index contributed by atoms with van der Waals surface area (Å²) < 4.78 is 13.0. The van der Waals surface area contributed by atoms with E-state index in [2.05, 4.69) is 27.2 Å². The average Bonchev–Trinajstić information content (AvgIpc) is 2.71. The van der Waals surface area contributed by atoms with Crippen molar-refractivity contribution in [2.24, 2.45) is 5.92 Å². The van der Waals surface area contributed by atoms with Crippen LogP contribution in [0.5, 0.6) is 0 Å². The summed E-state index contributed by atoms with van der Waals surface area (Å²) in [5, 5.41) is 3.08. The minimum atomic E-state index is -0.202. The number of hydrogen-bond donors (Lipinski definition) is 1. The molecule has 0 saturated carbocycles. The van der Waals surface area contributed by atoms with Gasteiger partial charge in [0, 0.05) is 38.3 Å². The second kappa shape index (κ2) is 9.51. The van der Waals surface area contributed by atoms with Gasteiger partial charge in [0.2, 0.25) is 5.91 Å². The predicted octanol–water partition coefficient (Wildman–Crippen LogP) is 3.29. The molecule has 1 saturated heterocycles. The van der Waals surface area contributed by atoms with Crippen LogP contribution in [-0.2, 0) is 11.3 Å². The van der Waals surface area contributed by atoms with Crippen molar-refractivity contribution in [1.82, 2.24) is 10.2 Å². The molecule has 0 aromatic heterocycles. The van der Waals surface area contributed by atoms with E-state index in [4.69, 9.17) is 0 Å². The maximum absolute atomic E-state index is 13.0. The molecule has 1 N–H and O–H groups in total. The van der Waals surface area contributed by atoms with Crippen LogP contribution in [0.25, 0.3) is 0 Å². The Morgan fingerprint density at radius 2 is 1.78 bits per heavy atom. The van der Waals surface area contributed by atoms with Crippen molar-refractivity contribution in [2.75, 3.05) is 38.1 Å². The predicted molar refractivity (Wildman–Crippen MR) is 107 cm³/mol. The zero-order chi connectivity index (χ0) is 19.1. The Balaban J connectivity index is 1.36. The second-order valence-electron chi connectivity index (χ2n) is 7.23. The number of carbonyl (C=O) groups excluding carboxylic acids is 1. The van der Waals surface area contributed by atoms with E-state index >= 15 is 0 Å². The lowest BCUT2D eigenvalue weighted by atomic mass is 9.95. The van der Waals surface area contributed by atoms with Gasteiger partial charge in [0.15, 0.2) is 0 Å². The van der Waals surface area contributed by atoms with Crippen LogP contribution in [0.4, 0.5) is 10.1 Å². The first-order valence-electron chi connectivity index (χ1n) is 9.62. The molecule has 0 aliphatic carbocycles. The third-order valence-electron chi connectivity index (χ3n) is 5.22. The number of amides is 1. The summed E-state index contributed by atoms with van der Waals surface area (Å²) in [7, 11) is 2.04. The molecule has 0 atom stereocenters. The lowest BCUT2D eigenvalue weighted by Gasteiger charge is -2.31.